The molecule has 0 amide bonds. The van der Waals surface area contributed by atoms with E-state index in [0.717, 1.165) is 20.8 Å². The number of nitrogens with one attached hydrogen (secondary N) is 1. The van der Waals surface area contributed by atoms with Crippen molar-refractivity contribution in [2.75, 3.05) is 13.2 Å². The van der Waals surface area contributed by atoms with Gasteiger partial charge in [-0.15, -0.1) is 11.3 Å². The quantitative estimate of drug-likeness (QED) is 0.313. The van der Waals surface area contributed by atoms with Crippen LogP contribution < -0.4 is 4.74 Å². The molecular formula is C24H22N2O4S. The van der Waals surface area contributed by atoms with Gasteiger partial charge in [-0.3, -0.25) is 4.79 Å². The van der Waals surface area contributed by atoms with E-state index in [0.29, 0.717) is 22.7 Å². The van der Waals surface area contributed by atoms with E-state index >= 15 is 0 Å². The minimum atomic E-state index is -0.507. The number of fused-ring (bicyclic) bond motifs is 1. The van der Waals surface area contributed by atoms with Crippen LogP contribution in [0.2, 0.25) is 0 Å². The van der Waals surface area contributed by atoms with Gasteiger partial charge in [0.2, 0.25) is 5.78 Å². The summed E-state index contributed by atoms with van der Waals surface area (Å²) in [4.78, 5) is 32.8. The number of aromatic amines is 1. The molecule has 6 nitrogen and oxygen atoms in total. The smallest absolute Gasteiger partial charge is 0.340 e. The molecule has 0 saturated heterocycles. The molecule has 0 aliphatic heterocycles. The van der Waals surface area contributed by atoms with Crippen LogP contribution in [-0.4, -0.2) is 34.9 Å². The molecule has 0 unspecified atom stereocenters. The number of H-pyrrole nitrogens is 1. The summed E-state index contributed by atoms with van der Waals surface area (Å²) < 4.78 is 11.9. The van der Waals surface area contributed by atoms with Crippen molar-refractivity contribution in [2.45, 2.75) is 20.8 Å². The number of esters is 1. The fourth-order valence-electron chi connectivity index (χ4n) is 3.50. The number of ketones is 1. The van der Waals surface area contributed by atoms with Crippen LogP contribution in [0.5, 0.6) is 5.75 Å². The molecule has 7 heteroatoms. The van der Waals surface area contributed by atoms with E-state index in [1.165, 1.54) is 0 Å². The van der Waals surface area contributed by atoms with Crippen molar-refractivity contribution in [1.82, 2.24) is 9.97 Å². The van der Waals surface area contributed by atoms with Gasteiger partial charge in [0.05, 0.1) is 28.0 Å². The van der Waals surface area contributed by atoms with Gasteiger partial charge in [0, 0.05) is 17.0 Å². The number of rotatable bonds is 7. The largest absolute Gasteiger partial charge is 0.485 e. The molecule has 2 aromatic carbocycles. The van der Waals surface area contributed by atoms with Crippen LogP contribution in [0.15, 0.2) is 48.5 Å². The number of nitrogens with zero attached hydrogens (tertiary/aromatic N) is 1. The van der Waals surface area contributed by atoms with E-state index in [4.69, 9.17) is 9.47 Å². The van der Waals surface area contributed by atoms with Crippen molar-refractivity contribution in [2.24, 2.45) is 0 Å². The summed E-state index contributed by atoms with van der Waals surface area (Å²) in [7, 11) is 0. The maximum atomic E-state index is 12.8. The van der Waals surface area contributed by atoms with Crippen LogP contribution >= 0.6 is 11.3 Å². The number of hydrogen-bond donors (Lipinski definition) is 1. The third-order valence-corrected chi connectivity index (χ3v) is 5.98. The summed E-state index contributed by atoms with van der Waals surface area (Å²) in [6.45, 7) is 5.31. The molecule has 1 N–H and O–H groups in total. The zero-order chi connectivity index (χ0) is 22.0. The fraction of sp³-hybridized carbons (Fsp3) is 0.208. The molecule has 0 fully saturated rings. The van der Waals surface area contributed by atoms with Gasteiger partial charge in [-0.25, -0.2) is 9.78 Å². The minimum absolute atomic E-state index is 0.176. The minimum Gasteiger partial charge on any atom is -0.485 e. The zero-order valence-corrected chi connectivity index (χ0v) is 18.3. The van der Waals surface area contributed by atoms with Crippen LogP contribution in [0.3, 0.4) is 0 Å². The van der Waals surface area contributed by atoms with Gasteiger partial charge < -0.3 is 14.5 Å². The molecule has 0 aliphatic carbocycles. The maximum absolute atomic E-state index is 12.8. The Morgan fingerprint density at radius 2 is 1.71 bits per heavy atom. The third kappa shape index (κ3) is 4.22. The first-order valence-corrected chi connectivity index (χ1v) is 10.8. The zero-order valence-electron chi connectivity index (χ0n) is 17.5. The van der Waals surface area contributed by atoms with Crippen LogP contribution in [0, 0.1) is 13.8 Å². The number of para-hydroxylation sites is 1. The molecule has 158 valence electrons. The SMILES string of the molecule is CCOC(=O)c1c(C)[nH]c(C)c1C(=O)COc1ccc(-c2nc3ccccc3s2)cc1. The number of ether oxygens (including phenoxy) is 2. The Hall–Kier alpha value is -3.45. The van der Waals surface area contributed by atoms with Crippen LogP contribution in [0.1, 0.15) is 39.0 Å². The van der Waals surface area contributed by atoms with Crippen molar-refractivity contribution >= 4 is 33.3 Å². The first kappa shape index (κ1) is 20.8. The number of aromatic nitrogens is 2. The molecule has 4 rings (SSSR count). The first-order valence-electron chi connectivity index (χ1n) is 9.96. The molecule has 0 aliphatic rings. The number of Topliss-reactive ketones (excluding diaryl/α,β-unsaturated/α-hetero) is 1. The third-order valence-electron chi connectivity index (χ3n) is 4.90. The summed E-state index contributed by atoms with van der Waals surface area (Å²) in [5, 5.41) is 0.932. The Balaban J connectivity index is 1.47. The summed E-state index contributed by atoms with van der Waals surface area (Å²) in [6, 6.07) is 15.5. The number of carbonyl (C=O) groups is 2. The summed E-state index contributed by atoms with van der Waals surface area (Å²) >= 11 is 1.63. The molecule has 0 radical (unpaired) electrons. The van der Waals surface area contributed by atoms with E-state index < -0.39 is 5.97 Å². The van der Waals surface area contributed by atoms with Crippen LogP contribution in [0.25, 0.3) is 20.8 Å². The Bertz CT molecular complexity index is 1220. The highest BCUT2D eigenvalue weighted by atomic mass is 32.1. The van der Waals surface area contributed by atoms with E-state index in [2.05, 4.69) is 16.0 Å². The molecule has 31 heavy (non-hydrogen) atoms. The molecule has 4 aromatic rings. The standard InChI is InChI=1S/C24H22N2O4S/c1-4-29-24(28)22-15(3)25-14(2)21(22)19(27)13-30-17-11-9-16(10-12-17)23-26-18-7-5-6-8-20(18)31-23/h5-12,25H,4,13H2,1-3H3. The lowest BCUT2D eigenvalue weighted by Gasteiger charge is -2.08. The van der Waals surface area contributed by atoms with Crippen molar-refractivity contribution in [3.8, 4) is 16.3 Å². The summed E-state index contributed by atoms with van der Waals surface area (Å²) in [5.41, 5.74) is 3.80. The average molecular weight is 435 g/mol. The Labute approximate surface area is 183 Å². The van der Waals surface area contributed by atoms with E-state index in [1.807, 2.05) is 42.5 Å². The lowest BCUT2D eigenvalue weighted by Crippen LogP contribution is -2.17. The number of hydrogen-bond acceptors (Lipinski definition) is 6. The Morgan fingerprint density at radius 3 is 2.42 bits per heavy atom. The van der Waals surface area contributed by atoms with Crippen molar-refractivity contribution in [3.63, 3.8) is 0 Å². The molecule has 0 spiro atoms. The van der Waals surface area contributed by atoms with Crippen LogP contribution in [0.4, 0.5) is 0 Å². The topological polar surface area (TPSA) is 81.3 Å². The highest BCUT2D eigenvalue weighted by Crippen LogP contribution is 2.31. The predicted octanol–water partition coefficient (Wildman–Crippen LogP) is 5.35. The van der Waals surface area contributed by atoms with Gasteiger partial charge in [0.15, 0.2) is 6.61 Å². The average Bonchev–Trinajstić information content (AvgIpc) is 3.32. The van der Waals surface area contributed by atoms with Crippen LogP contribution in [-0.2, 0) is 4.74 Å². The first-order chi connectivity index (χ1) is 15.0. The molecule has 0 bridgehead atoms. The maximum Gasteiger partial charge on any atom is 0.340 e. The van der Waals surface area contributed by atoms with E-state index in [-0.39, 0.29) is 24.6 Å². The van der Waals surface area contributed by atoms with Gasteiger partial charge in [-0.2, -0.15) is 0 Å². The highest BCUT2D eigenvalue weighted by molar-refractivity contribution is 7.21. The van der Waals surface area contributed by atoms with Crippen molar-refractivity contribution in [1.29, 1.82) is 0 Å². The van der Waals surface area contributed by atoms with Crippen molar-refractivity contribution in [3.05, 3.63) is 71.0 Å². The summed E-state index contributed by atoms with van der Waals surface area (Å²) in [5.74, 6) is -0.214. The second-order valence-corrected chi connectivity index (χ2v) is 8.10. The van der Waals surface area contributed by atoms with Gasteiger partial charge in [-0.1, -0.05) is 12.1 Å². The second-order valence-electron chi connectivity index (χ2n) is 7.07. The molecule has 2 aromatic heterocycles. The predicted molar refractivity (Wildman–Crippen MR) is 121 cm³/mol. The summed E-state index contributed by atoms with van der Waals surface area (Å²) in [6.07, 6.45) is 0. The van der Waals surface area contributed by atoms with Gasteiger partial charge in [-0.05, 0) is 57.2 Å². The number of carbonyl (C=O) groups excluding carboxylic acids is 2. The number of benzene rings is 2. The van der Waals surface area contributed by atoms with Gasteiger partial charge in [0.25, 0.3) is 0 Å². The van der Waals surface area contributed by atoms with E-state index in [9.17, 15) is 9.59 Å². The number of thiazole rings is 1. The van der Waals surface area contributed by atoms with E-state index in [1.54, 1.807) is 32.1 Å². The molecule has 0 atom stereocenters. The lowest BCUT2D eigenvalue weighted by atomic mass is 10.1. The van der Waals surface area contributed by atoms with Crippen molar-refractivity contribution < 1.29 is 19.1 Å². The molecule has 0 saturated carbocycles. The monoisotopic (exact) mass is 434 g/mol. The normalized spacial score (nSPS) is 10.9. The Kier molecular flexibility index (Phi) is 5.86. The number of aryl methyl sites for hydroxylation is 2. The molecule has 2 heterocycles. The van der Waals surface area contributed by atoms with Gasteiger partial charge >= 0.3 is 5.97 Å². The lowest BCUT2D eigenvalue weighted by molar-refractivity contribution is 0.0522. The second kappa shape index (κ2) is 8.73. The molecular weight excluding hydrogens is 412 g/mol. The van der Waals surface area contributed by atoms with Gasteiger partial charge in [0.1, 0.15) is 10.8 Å². The fourth-order valence-corrected chi connectivity index (χ4v) is 4.47. The Morgan fingerprint density at radius 1 is 1.00 bits per heavy atom. The highest BCUT2D eigenvalue weighted by Gasteiger charge is 2.25.